The second-order valence-electron chi connectivity index (χ2n) is 7.59. The predicted molar refractivity (Wildman–Crippen MR) is 109 cm³/mol. The maximum atomic E-state index is 12.8. The number of carbonyl (C=O) groups is 1. The van der Waals surface area contributed by atoms with Crippen LogP contribution in [0.25, 0.3) is 0 Å². The van der Waals surface area contributed by atoms with Gasteiger partial charge >= 0.3 is 6.03 Å². The van der Waals surface area contributed by atoms with E-state index in [4.69, 9.17) is 9.47 Å². The van der Waals surface area contributed by atoms with E-state index in [1.807, 2.05) is 11.0 Å². The fourth-order valence-electron chi connectivity index (χ4n) is 3.76. The number of nitrogens with one attached hydrogen (secondary N) is 1. The zero-order valence-corrected chi connectivity index (χ0v) is 17.1. The lowest BCUT2D eigenvalue weighted by atomic mass is 10.1. The Bertz CT molecular complexity index is 604. The van der Waals surface area contributed by atoms with Crippen molar-refractivity contribution in [3.8, 4) is 5.88 Å². The normalized spacial score (nSPS) is 21.9. The maximum Gasteiger partial charge on any atom is 0.321 e. The van der Waals surface area contributed by atoms with Gasteiger partial charge < -0.3 is 24.6 Å². The van der Waals surface area contributed by atoms with Crippen LogP contribution in [0.15, 0.2) is 18.3 Å². The molecule has 1 atom stereocenters. The number of anilines is 1. The second kappa shape index (κ2) is 10.6. The third kappa shape index (κ3) is 6.05. The fourth-order valence-corrected chi connectivity index (χ4v) is 3.76. The molecular formula is C20H33N5O3. The van der Waals surface area contributed by atoms with Crippen LogP contribution in [0.2, 0.25) is 0 Å². The highest BCUT2D eigenvalue weighted by atomic mass is 16.5. The number of pyridine rings is 1. The van der Waals surface area contributed by atoms with Crippen LogP contribution in [0.1, 0.15) is 19.3 Å². The van der Waals surface area contributed by atoms with Crippen LogP contribution in [-0.2, 0) is 4.74 Å². The van der Waals surface area contributed by atoms with E-state index in [1.165, 1.54) is 12.8 Å². The number of carbonyl (C=O) groups excluding carboxylic acids is 1. The Labute approximate surface area is 167 Å². The van der Waals surface area contributed by atoms with Gasteiger partial charge in [-0.3, -0.25) is 4.90 Å². The lowest BCUT2D eigenvalue weighted by molar-refractivity contribution is 0.0948. The molecule has 3 rings (SSSR count). The number of hydrogen-bond acceptors (Lipinski definition) is 6. The van der Waals surface area contributed by atoms with Gasteiger partial charge in [-0.2, -0.15) is 0 Å². The summed E-state index contributed by atoms with van der Waals surface area (Å²) in [5.74, 6) is 0.528. The Kier molecular flexibility index (Phi) is 7.88. The third-order valence-corrected chi connectivity index (χ3v) is 5.51. The highest BCUT2D eigenvalue weighted by Crippen LogP contribution is 2.19. The van der Waals surface area contributed by atoms with Crippen molar-refractivity contribution in [2.75, 3.05) is 72.0 Å². The number of methoxy groups -OCH3 is 1. The first-order chi connectivity index (χ1) is 13.7. The van der Waals surface area contributed by atoms with Gasteiger partial charge in [-0.05, 0) is 26.0 Å². The first-order valence-corrected chi connectivity index (χ1v) is 10.2. The summed E-state index contributed by atoms with van der Waals surface area (Å²) in [6, 6.07) is 4.00. The number of nitrogens with zero attached hydrogens (tertiary/aromatic N) is 4. The van der Waals surface area contributed by atoms with Gasteiger partial charge in [0.1, 0.15) is 6.61 Å². The SMILES string of the molecule is COCCOc1ccc(NC(=O)N2CCCC[C@@H](N3CCN(C)CC3)C2)cn1. The lowest BCUT2D eigenvalue weighted by Crippen LogP contribution is -2.52. The van der Waals surface area contributed by atoms with Crippen LogP contribution < -0.4 is 10.1 Å². The minimum absolute atomic E-state index is 0.0455. The van der Waals surface area contributed by atoms with Crippen LogP contribution >= 0.6 is 0 Å². The molecule has 8 heteroatoms. The molecule has 1 aromatic rings. The molecule has 156 valence electrons. The topological polar surface area (TPSA) is 70.2 Å². The lowest BCUT2D eigenvalue weighted by Gasteiger charge is -2.39. The molecule has 2 aliphatic rings. The highest BCUT2D eigenvalue weighted by molar-refractivity contribution is 5.89. The van der Waals surface area contributed by atoms with Gasteiger partial charge in [0.05, 0.1) is 18.5 Å². The summed E-state index contributed by atoms with van der Waals surface area (Å²) >= 11 is 0. The Morgan fingerprint density at radius 3 is 2.71 bits per heavy atom. The molecule has 2 saturated heterocycles. The average Bonchev–Trinajstić information content (AvgIpc) is 2.96. The number of rotatable bonds is 6. The van der Waals surface area contributed by atoms with Crippen LogP contribution in [0.5, 0.6) is 5.88 Å². The van der Waals surface area contributed by atoms with Gasteiger partial charge in [-0.15, -0.1) is 0 Å². The number of likely N-dealkylation sites (N-methyl/N-ethyl adjacent to an activating group) is 1. The van der Waals surface area contributed by atoms with E-state index in [0.29, 0.717) is 30.8 Å². The minimum Gasteiger partial charge on any atom is -0.475 e. The van der Waals surface area contributed by atoms with Crippen LogP contribution in [0.3, 0.4) is 0 Å². The summed E-state index contributed by atoms with van der Waals surface area (Å²) in [6.07, 6.45) is 5.04. The average molecular weight is 392 g/mol. The summed E-state index contributed by atoms with van der Waals surface area (Å²) in [4.78, 5) is 23.9. The largest absolute Gasteiger partial charge is 0.475 e. The van der Waals surface area contributed by atoms with Crippen molar-refractivity contribution >= 4 is 11.7 Å². The molecule has 2 aliphatic heterocycles. The smallest absolute Gasteiger partial charge is 0.321 e. The molecule has 0 unspecified atom stereocenters. The van der Waals surface area contributed by atoms with Crippen LogP contribution in [0.4, 0.5) is 10.5 Å². The zero-order chi connectivity index (χ0) is 19.8. The van der Waals surface area contributed by atoms with Gasteiger partial charge in [0.15, 0.2) is 0 Å². The number of amides is 2. The molecule has 1 aromatic heterocycles. The molecule has 2 fully saturated rings. The van der Waals surface area contributed by atoms with Crippen molar-refractivity contribution in [2.24, 2.45) is 0 Å². The van der Waals surface area contributed by atoms with Crippen molar-refractivity contribution in [1.29, 1.82) is 0 Å². The van der Waals surface area contributed by atoms with E-state index in [9.17, 15) is 4.79 Å². The van der Waals surface area contributed by atoms with Gasteiger partial charge in [-0.1, -0.05) is 6.42 Å². The summed E-state index contributed by atoms with van der Waals surface area (Å²) in [6.45, 7) is 6.96. The Hall–Kier alpha value is -1.90. The van der Waals surface area contributed by atoms with Crippen molar-refractivity contribution < 1.29 is 14.3 Å². The number of piperazine rings is 1. The van der Waals surface area contributed by atoms with Gasteiger partial charge in [0.25, 0.3) is 0 Å². The summed E-state index contributed by atoms with van der Waals surface area (Å²) < 4.78 is 10.4. The van der Waals surface area contributed by atoms with Crippen molar-refractivity contribution in [3.63, 3.8) is 0 Å². The monoisotopic (exact) mass is 391 g/mol. The van der Waals surface area contributed by atoms with E-state index in [2.05, 4.69) is 27.1 Å². The molecule has 2 amide bonds. The number of hydrogen-bond donors (Lipinski definition) is 1. The number of aromatic nitrogens is 1. The molecule has 0 aromatic carbocycles. The molecule has 0 spiro atoms. The molecular weight excluding hydrogens is 358 g/mol. The first kappa shape index (κ1) is 20.8. The molecule has 0 radical (unpaired) electrons. The maximum absolute atomic E-state index is 12.8. The van der Waals surface area contributed by atoms with Crippen molar-refractivity contribution in [1.82, 2.24) is 19.7 Å². The number of urea groups is 1. The fraction of sp³-hybridized carbons (Fsp3) is 0.700. The van der Waals surface area contributed by atoms with E-state index < -0.39 is 0 Å². The molecule has 3 heterocycles. The Morgan fingerprint density at radius 1 is 1.18 bits per heavy atom. The minimum atomic E-state index is -0.0455. The molecule has 0 aliphatic carbocycles. The Morgan fingerprint density at radius 2 is 2.00 bits per heavy atom. The summed E-state index contributed by atoms with van der Waals surface area (Å²) in [5, 5.41) is 2.98. The molecule has 28 heavy (non-hydrogen) atoms. The first-order valence-electron chi connectivity index (χ1n) is 10.2. The highest BCUT2D eigenvalue weighted by Gasteiger charge is 2.28. The summed E-state index contributed by atoms with van der Waals surface area (Å²) in [5.41, 5.74) is 0.685. The molecule has 0 saturated carbocycles. The Balaban J connectivity index is 1.52. The molecule has 0 bridgehead atoms. The van der Waals surface area contributed by atoms with E-state index in [-0.39, 0.29) is 6.03 Å². The number of ether oxygens (including phenoxy) is 2. The number of likely N-dealkylation sites (tertiary alicyclic amines) is 1. The standard InChI is InChI=1S/C20H33N5O3/c1-23-9-11-24(12-10-23)18-5-3-4-8-25(16-18)20(26)22-17-6-7-19(21-15-17)28-14-13-27-2/h6-7,15,18H,3-5,8-14,16H2,1-2H3,(H,22,26)/t18-/m1/s1. The van der Waals surface area contributed by atoms with Crippen LogP contribution in [0, 0.1) is 0 Å². The zero-order valence-electron chi connectivity index (χ0n) is 17.1. The van der Waals surface area contributed by atoms with E-state index >= 15 is 0 Å². The second-order valence-corrected chi connectivity index (χ2v) is 7.59. The molecule has 8 nitrogen and oxygen atoms in total. The quantitative estimate of drug-likeness (QED) is 0.745. The van der Waals surface area contributed by atoms with E-state index in [0.717, 1.165) is 45.7 Å². The third-order valence-electron chi connectivity index (χ3n) is 5.51. The van der Waals surface area contributed by atoms with Gasteiger partial charge in [0, 0.05) is 58.5 Å². The predicted octanol–water partition coefficient (Wildman–Crippen LogP) is 1.74. The van der Waals surface area contributed by atoms with Gasteiger partial charge in [-0.25, -0.2) is 9.78 Å². The summed E-state index contributed by atoms with van der Waals surface area (Å²) in [7, 11) is 3.80. The van der Waals surface area contributed by atoms with Crippen molar-refractivity contribution in [2.45, 2.75) is 25.3 Å². The molecule has 1 N–H and O–H groups in total. The van der Waals surface area contributed by atoms with Gasteiger partial charge in [0.2, 0.25) is 5.88 Å². The van der Waals surface area contributed by atoms with Crippen molar-refractivity contribution in [3.05, 3.63) is 18.3 Å². The van der Waals surface area contributed by atoms with Crippen LogP contribution in [-0.4, -0.2) is 98.4 Å². The van der Waals surface area contributed by atoms with E-state index in [1.54, 1.807) is 19.4 Å².